The summed E-state index contributed by atoms with van der Waals surface area (Å²) in [5.74, 6) is 7.18. The lowest BCUT2D eigenvalue weighted by Gasteiger charge is -2.08. The van der Waals surface area contributed by atoms with Crippen LogP contribution in [0, 0.1) is 6.92 Å². The number of nitrogens with zero attached hydrogens (tertiary/aromatic N) is 2. The fraction of sp³-hybridized carbons (Fsp3) is 0.333. The molecule has 0 aliphatic heterocycles. The molecule has 5 heteroatoms. The summed E-state index contributed by atoms with van der Waals surface area (Å²) in [5, 5.41) is 0. The highest BCUT2D eigenvalue weighted by Crippen LogP contribution is 2.27. The molecule has 0 bridgehead atoms. The summed E-state index contributed by atoms with van der Waals surface area (Å²) >= 11 is 1.69. The number of nitrogen functional groups attached to an aromatic ring is 1. The first-order chi connectivity index (χ1) is 8.10. The topological polar surface area (TPSA) is 63.8 Å². The number of nitrogens with one attached hydrogen (secondary N) is 1. The van der Waals surface area contributed by atoms with E-state index in [2.05, 4.69) is 42.2 Å². The van der Waals surface area contributed by atoms with Gasteiger partial charge >= 0.3 is 0 Å². The van der Waals surface area contributed by atoms with Gasteiger partial charge in [-0.05, 0) is 25.0 Å². The summed E-state index contributed by atoms with van der Waals surface area (Å²) in [6.07, 6.45) is 0. The smallest absolute Gasteiger partial charge is 0.171 e. The third-order valence-corrected chi connectivity index (χ3v) is 3.44. The predicted octanol–water partition coefficient (Wildman–Crippen LogP) is 2.92. The highest BCUT2D eigenvalue weighted by molar-refractivity contribution is 7.15. The summed E-state index contributed by atoms with van der Waals surface area (Å²) < 4.78 is 0. The number of hydrazine groups is 1. The molecular weight excluding hydrogens is 232 g/mol. The molecule has 0 amide bonds. The van der Waals surface area contributed by atoms with Gasteiger partial charge in [0.1, 0.15) is 5.82 Å². The summed E-state index contributed by atoms with van der Waals surface area (Å²) in [4.78, 5) is 11.3. The number of thiophene rings is 1. The quantitative estimate of drug-likeness (QED) is 0.647. The third kappa shape index (κ3) is 2.62. The van der Waals surface area contributed by atoms with Crippen LogP contribution in [0.1, 0.15) is 30.3 Å². The SMILES string of the molecule is Cc1ccc(-c2nc(NN)cc(C(C)C)n2)s1. The summed E-state index contributed by atoms with van der Waals surface area (Å²) in [6.45, 7) is 6.28. The monoisotopic (exact) mass is 248 g/mol. The van der Waals surface area contributed by atoms with Crippen molar-refractivity contribution >= 4 is 17.2 Å². The second-order valence-electron chi connectivity index (χ2n) is 4.21. The number of hydrogen-bond acceptors (Lipinski definition) is 5. The second-order valence-corrected chi connectivity index (χ2v) is 5.50. The lowest BCUT2D eigenvalue weighted by atomic mass is 10.1. The van der Waals surface area contributed by atoms with Gasteiger partial charge < -0.3 is 5.43 Å². The Morgan fingerprint density at radius 3 is 2.59 bits per heavy atom. The molecule has 2 aromatic rings. The predicted molar refractivity (Wildman–Crippen MR) is 72.0 cm³/mol. The van der Waals surface area contributed by atoms with Crippen LogP contribution in [0.15, 0.2) is 18.2 Å². The van der Waals surface area contributed by atoms with Gasteiger partial charge in [-0.25, -0.2) is 15.8 Å². The van der Waals surface area contributed by atoms with Gasteiger partial charge in [-0.15, -0.1) is 11.3 Å². The number of rotatable bonds is 3. The van der Waals surface area contributed by atoms with Crippen LogP contribution in [0.3, 0.4) is 0 Å². The molecule has 0 radical (unpaired) electrons. The Kier molecular flexibility index (Phi) is 3.40. The molecule has 0 saturated heterocycles. The fourth-order valence-electron chi connectivity index (χ4n) is 1.50. The van der Waals surface area contributed by atoms with Crippen molar-refractivity contribution in [2.45, 2.75) is 26.7 Å². The van der Waals surface area contributed by atoms with E-state index in [4.69, 9.17) is 5.84 Å². The maximum absolute atomic E-state index is 5.43. The van der Waals surface area contributed by atoms with Gasteiger partial charge in [0.2, 0.25) is 0 Å². The van der Waals surface area contributed by atoms with Crippen molar-refractivity contribution in [3.8, 4) is 10.7 Å². The van der Waals surface area contributed by atoms with E-state index < -0.39 is 0 Å². The Hall–Kier alpha value is -1.46. The van der Waals surface area contributed by atoms with E-state index in [-0.39, 0.29) is 0 Å². The summed E-state index contributed by atoms with van der Waals surface area (Å²) in [5.41, 5.74) is 3.59. The summed E-state index contributed by atoms with van der Waals surface area (Å²) in [7, 11) is 0. The third-order valence-electron chi connectivity index (χ3n) is 2.45. The van der Waals surface area contributed by atoms with Crippen LogP contribution in [0.4, 0.5) is 5.82 Å². The van der Waals surface area contributed by atoms with Gasteiger partial charge in [-0.3, -0.25) is 0 Å². The van der Waals surface area contributed by atoms with Gasteiger partial charge in [0.05, 0.1) is 4.88 Å². The first-order valence-corrected chi connectivity index (χ1v) is 6.34. The highest BCUT2D eigenvalue weighted by atomic mass is 32.1. The highest BCUT2D eigenvalue weighted by Gasteiger charge is 2.10. The van der Waals surface area contributed by atoms with Crippen LogP contribution in [0.2, 0.25) is 0 Å². The minimum absolute atomic E-state index is 0.352. The molecule has 4 nitrogen and oxygen atoms in total. The minimum atomic E-state index is 0.352. The van der Waals surface area contributed by atoms with E-state index in [9.17, 15) is 0 Å². The Morgan fingerprint density at radius 1 is 1.29 bits per heavy atom. The van der Waals surface area contributed by atoms with Crippen molar-refractivity contribution in [3.63, 3.8) is 0 Å². The fourth-order valence-corrected chi connectivity index (χ4v) is 2.30. The van der Waals surface area contributed by atoms with E-state index in [1.807, 2.05) is 12.1 Å². The van der Waals surface area contributed by atoms with Crippen LogP contribution in [0.25, 0.3) is 10.7 Å². The molecule has 2 rings (SSSR count). The average Bonchev–Trinajstić information content (AvgIpc) is 2.75. The Balaban J connectivity index is 2.49. The standard InChI is InChI=1S/C12H16N4S/c1-7(2)9-6-11(16-13)15-12(14-9)10-5-4-8(3)17-10/h4-7H,13H2,1-3H3,(H,14,15,16). The zero-order valence-corrected chi connectivity index (χ0v) is 11.0. The molecule has 0 saturated carbocycles. The van der Waals surface area contributed by atoms with Crippen molar-refractivity contribution in [3.05, 3.63) is 28.8 Å². The van der Waals surface area contributed by atoms with Gasteiger partial charge in [-0.1, -0.05) is 13.8 Å². The lowest BCUT2D eigenvalue weighted by molar-refractivity contribution is 0.817. The van der Waals surface area contributed by atoms with Crippen LogP contribution in [-0.4, -0.2) is 9.97 Å². The molecule has 0 unspecified atom stereocenters. The largest absolute Gasteiger partial charge is 0.308 e. The lowest BCUT2D eigenvalue weighted by Crippen LogP contribution is -2.10. The minimum Gasteiger partial charge on any atom is -0.308 e. The van der Waals surface area contributed by atoms with Crippen LogP contribution in [-0.2, 0) is 0 Å². The first-order valence-electron chi connectivity index (χ1n) is 5.52. The molecular formula is C12H16N4S. The van der Waals surface area contributed by atoms with E-state index in [0.717, 1.165) is 16.4 Å². The molecule has 0 aliphatic rings. The van der Waals surface area contributed by atoms with Crippen molar-refractivity contribution < 1.29 is 0 Å². The molecule has 3 N–H and O–H groups in total. The van der Waals surface area contributed by atoms with E-state index in [1.54, 1.807) is 11.3 Å². The second kappa shape index (κ2) is 4.81. The Bertz CT molecular complexity index is 519. The Morgan fingerprint density at radius 2 is 2.06 bits per heavy atom. The summed E-state index contributed by atoms with van der Waals surface area (Å²) in [6, 6.07) is 6.00. The number of nitrogens with two attached hydrogens (primary N) is 1. The first kappa shape index (κ1) is 12.0. The normalized spacial score (nSPS) is 10.9. The van der Waals surface area contributed by atoms with Crippen molar-refractivity contribution in [2.24, 2.45) is 5.84 Å². The molecule has 0 aromatic carbocycles. The number of aromatic nitrogens is 2. The number of hydrogen-bond donors (Lipinski definition) is 2. The molecule has 90 valence electrons. The molecule has 0 fully saturated rings. The molecule has 17 heavy (non-hydrogen) atoms. The van der Waals surface area contributed by atoms with Gasteiger partial charge in [0, 0.05) is 16.6 Å². The molecule has 0 spiro atoms. The van der Waals surface area contributed by atoms with Crippen molar-refractivity contribution in [1.82, 2.24) is 9.97 Å². The van der Waals surface area contributed by atoms with Gasteiger partial charge in [-0.2, -0.15) is 0 Å². The van der Waals surface area contributed by atoms with Gasteiger partial charge in [0.25, 0.3) is 0 Å². The van der Waals surface area contributed by atoms with Crippen LogP contribution in [0.5, 0.6) is 0 Å². The van der Waals surface area contributed by atoms with E-state index in [1.165, 1.54) is 4.88 Å². The molecule has 0 atom stereocenters. The average molecular weight is 248 g/mol. The van der Waals surface area contributed by atoms with Crippen LogP contribution < -0.4 is 11.3 Å². The van der Waals surface area contributed by atoms with Gasteiger partial charge in [0.15, 0.2) is 5.82 Å². The van der Waals surface area contributed by atoms with E-state index in [0.29, 0.717) is 11.7 Å². The zero-order valence-electron chi connectivity index (χ0n) is 10.2. The molecule has 2 aromatic heterocycles. The molecule has 2 heterocycles. The number of aryl methyl sites for hydroxylation is 1. The Labute approximate surface area is 105 Å². The zero-order chi connectivity index (χ0) is 12.4. The van der Waals surface area contributed by atoms with Crippen molar-refractivity contribution in [2.75, 3.05) is 5.43 Å². The number of anilines is 1. The maximum Gasteiger partial charge on any atom is 0.171 e. The van der Waals surface area contributed by atoms with E-state index >= 15 is 0 Å². The van der Waals surface area contributed by atoms with Crippen molar-refractivity contribution in [1.29, 1.82) is 0 Å². The maximum atomic E-state index is 5.43. The van der Waals surface area contributed by atoms with Crippen LogP contribution >= 0.6 is 11.3 Å². The molecule has 0 aliphatic carbocycles.